The van der Waals surface area contributed by atoms with Gasteiger partial charge in [-0.15, -0.1) is 5.10 Å². The summed E-state index contributed by atoms with van der Waals surface area (Å²) in [5.41, 5.74) is 3.64. The lowest BCUT2D eigenvalue weighted by atomic mass is 10.2. The summed E-state index contributed by atoms with van der Waals surface area (Å²) in [5, 5.41) is 18.4. The molecule has 2 heterocycles. The third-order valence-electron chi connectivity index (χ3n) is 4.77. The van der Waals surface area contributed by atoms with Gasteiger partial charge < -0.3 is 10.0 Å². The smallest absolute Gasteiger partial charge is 0.184 e. The highest BCUT2D eigenvalue weighted by molar-refractivity contribution is 5.83. The number of benzene rings is 2. The first kappa shape index (κ1) is 19.0. The SMILES string of the molecule is CCc1nc(N(CCO)Cc2ccccc2)c2nnn(Cc3ccccc3)c2n1. The summed E-state index contributed by atoms with van der Waals surface area (Å²) in [4.78, 5) is 11.5. The molecular formula is C22H24N6O. The van der Waals surface area contributed by atoms with Crippen LogP contribution >= 0.6 is 0 Å². The van der Waals surface area contributed by atoms with Crippen molar-refractivity contribution in [3.63, 3.8) is 0 Å². The maximum absolute atomic E-state index is 9.65. The maximum Gasteiger partial charge on any atom is 0.184 e. The molecule has 0 aliphatic heterocycles. The van der Waals surface area contributed by atoms with E-state index in [0.717, 1.165) is 17.0 Å². The van der Waals surface area contributed by atoms with Crippen LogP contribution in [0.1, 0.15) is 23.9 Å². The number of rotatable bonds is 8. The molecule has 0 atom stereocenters. The summed E-state index contributed by atoms with van der Waals surface area (Å²) >= 11 is 0. The Kier molecular flexibility index (Phi) is 5.76. The van der Waals surface area contributed by atoms with Crippen LogP contribution in [0.2, 0.25) is 0 Å². The van der Waals surface area contributed by atoms with Gasteiger partial charge in [-0.3, -0.25) is 0 Å². The molecule has 0 amide bonds. The lowest BCUT2D eigenvalue weighted by Crippen LogP contribution is -2.28. The Bertz CT molecular complexity index is 1060. The Labute approximate surface area is 169 Å². The van der Waals surface area contributed by atoms with E-state index in [0.29, 0.717) is 43.0 Å². The summed E-state index contributed by atoms with van der Waals surface area (Å²) in [6.07, 6.45) is 0.706. The van der Waals surface area contributed by atoms with Gasteiger partial charge in [0.25, 0.3) is 0 Å². The molecule has 0 radical (unpaired) electrons. The lowest BCUT2D eigenvalue weighted by Gasteiger charge is -2.23. The van der Waals surface area contributed by atoms with Gasteiger partial charge in [-0.25, -0.2) is 14.6 Å². The van der Waals surface area contributed by atoms with E-state index in [-0.39, 0.29) is 6.61 Å². The maximum atomic E-state index is 9.65. The van der Waals surface area contributed by atoms with Crippen molar-refractivity contribution in [1.82, 2.24) is 25.0 Å². The number of hydrogen-bond donors (Lipinski definition) is 1. The highest BCUT2D eigenvalue weighted by Crippen LogP contribution is 2.24. The van der Waals surface area contributed by atoms with E-state index in [1.807, 2.05) is 52.9 Å². The summed E-state index contributed by atoms with van der Waals surface area (Å²) in [7, 11) is 0. The molecule has 0 bridgehead atoms. The average molecular weight is 388 g/mol. The van der Waals surface area contributed by atoms with Gasteiger partial charge in [0.1, 0.15) is 5.82 Å². The predicted octanol–water partition coefficient (Wildman–Crippen LogP) is 2.83. The third-order valence-corrected chi connectivity index (χ3v) is 4.77. The van der Waals surface area contributed by atoms with Crippen LogP contribution in [0.3, 0.4) is 0 Å². The zero-order chi connectivity index (χ0) is 20.1. The highest BCUT2D eigenvalue weighted by Gasteiger charge is 2.19. The number of aryl methyl sites for hydroxylation is 1. The Morgan fingerprint density at radius 3 is 2.28 bits per heavy atom. The molecule has 4 aromatic rings. The predicted molar refractivity (Wildman–Crippen MR) is 113 cm³/mol. The van der Waals surface area contributed by atoms with Gasteiger partial charge in [-0.05, 0) is 11.1 Å². The van der Waals surface area contributed by atoms with Gasteiger partial charge in [0.05, 0.1) is 13.2 Å². The largest absolute Gasteiger partial charge is 0.395 e. The number of aliphatic hydroxyl groups is 1. The second-order valence-electron chi connectivity index (χ2n) is 6.85. The summed E-state index contributed by atoms with van der Waals surface area (Å²) < 4.78 is 1.81. The first-order chi connectivity index (χ1) is 14.3. The van der Waals surface area contributed by atoms with Crippen LogP contribution in [-0.2, 0) is 19.5 Å². The number of hydrogen-bond acceptors (Lipinski definition) is 6. The van der Waals surface area contributed by atoms with Crippen LogP contribution in [-0.4, -0.2) is 43.2 Å². The number of anilines is 1. The van der Waals surface area contributed by atoms with Gasteiger partial charge in [-0.2, -0.15) is 0 Å². The van der Waals surface area contributed by atoms with Crippen LogP contribution < -0.4 is 4.90 Å². The Morgan fingerprint density at radius 1 is 0.931 bits per heavy atom. The Hall–Kier alpha value is -3.32. The van der Waals surface area contributed by atoms with Gasteiger partial charge in [0.2, 0.25) is 0 Å². The van der Waals surface area contributed by atoms with E-state index < -0.39 is 0 Å². The molecule has 4 rings (SSSR count). The van der Waals surface area contributed by atoms with Crippen molar-refractivity contribution in [3.8, 4) is 0 Å². The number of aliphatic hydroxyl groups excluding tert-OH is 1. The minimum Gasteiger partial charge on any atom is -0.395 e. The molecule has 0 unspecified atom stereocenters. The van der Waals surface area contributed by atoms with Crippen LogP contribution in [0.15, 0.2) is 60.7 Å². The first-order valence-electron chi connectivity index (χ1n) is 9.82. The summed E-state index contributed by atoms with van der Waals surface area (Å²) in [6.45, 7) is 3.73. The first-order valence-corrected chi connectivity index (χ1v) is 9.82. The normalized spacial score (nSPS) is 11.1. The zero-order valence-corrected chi connectivity index (χ0v) is 16.4. The van der Waals surface area contributed by atoms with Crippen molar-refractivity contribution in [3.05, 3.63) is 77.6 Å². The Morgan fingerprint density at radius 2 is 1.62 bits per heavy atom. The number of nitrogens with zero attached hydrogens (tertiary/aromatic N) is 6. The summed E-state index contributed by atoms with van der Waals surface area (Å²) in [5.74, 6) is 1.45. The molecule has 29 heavy (non-hydrogen) atoms. The van der Waals surface area contributed by atoms with Crippen LogP contribution in [0.5, 0.6) is 0 Å². The van der Waals surface area contributed by atoms with Crippen LogP contribution in [0.4, 0.5) is 5.82 Å². The zero-order valence-electron chi connectivity index (χ0n) is 16.4. The molecule has 7 heteroatoms. The molecule has 2 aromatic carbocycles. The fourth-order valence-electron chi connectivity index (χ4n) is 3.31. The van der Waals surface area contributed by atoms with E-state index in [2.05, 4.69) is 34.6 Å². The number of aromatic nitrogens is 5. The third kappa shape index (κ3) is 4.25. The van der Waals surface area contributed by atoms with Crippen molar-refractivity contribution >= 4 is 17.0 Å². The van der Waals surface area contributed by atoms with Gasteiger partial charge in [0.15, 0.2) is 17.0 Å². The fourth-order valence-corrected chi connectivity index (χ4v) is 3.31. The molecule has 148 valence electrons. The van der Waals surface area contributed by atoms with Crippen molar-refractivity contribution in [1.29, 1.82) is 0 Å². The van der Waals surface area contributed by atoms with Crippen molar-refractivity contribution < 1.29 is 5.11 Å². The number of fused-ring (bicyclic) bond motifs is 1. The topological polar surface area (TPSA) is 80.0 Å². The molecule has 2 aromatic heterocycles. The van der Waals surface area contributed by atoms with Crippen LogP contribution in [0.25, 0.3) is 11.2 Å². The van der Waals surface area contributed by atoms with Crippen LogP contribution in [0, 0.1) is 0 Å². The van der Waals surface area contributed by atoms with Gasteiger partial charge >= 0.3 is 0 Å². The molecule has 0 saturated heterocycles. The molecule has 0 aliphatic rings. The second-order valence-corrected chi connectivity index (χ2v) is 6.85. The molecule has 0 fully saturated rings. The molecule has 0 aliphatic carbocycles. The second kappa shape index (κ2) is 8.79. The van der Waals surface area contributed by atoms with Crippen molar-refractivity contribution in [2.24, 2.45) is 0 Å². The molecule has 0 spiro atoms. The average Bonchev–Trinajstić information content (AvgIpc) is 3.17. The molecule has 7 nitrogen and oxygen atoms in total. The van der Waals surface area contributed by atoms with Crippen molar-refractivity contribution in [2.45, 2.75) is 26.4 Å². The van der Waals surface area contributed by atoms with E-state index in [1.54, 1.807) is 0 Å². The lowest BCUT2D eigenvalue weighted by molar-refractivity contribution is 0.301. The molecule has 1 N–H and O–H groups in total. The standard InChI is InChI=1S/C22H24N6O/c1-2-19-23-21(27(13-14-29)15-17-9-5-3-6-10-17)20-22(24-19)28(26-25-20)16-18-11-7-4-8-12-18/h3-12,29H,2,13-16H2,1H3. The van der Waals surface area contributed by atoms with E-state index >= 15 is 0 Å². The molecular weight excluding hydrogens is 364 g/mol. The monoisotopic (exact) mass is 388 g/mol. The quantitative estimate of drug-likeness (QED) is 0.500. The fraction of sp³-hybridized carbons (Fsp3) is 0.273. The van der Waals surface area contributed by atoms with Gasteiger partial charge in [-0.1, -0.05) is 72.8 Å². The minimum atomic E-state index is 0.0257. The summed E-state index contributed by atoms with van der Waals surface area (Å²) in [6, 6.07) is 20.3. The van der Waals surface area contributed by atoms with E-state index in [1.165, 1.54) is 0 Å². The Balaban J connectivity index is 1.76. The van der Waals surface area contributed by atoms with E-state index in [9.17, 15) is 5.11 Å². The van der Waals surface area contributed by atoms with E-state index in [4.69, 9.17) is 9.97 Å². The minimum absolute atomic E-state index is 0.0257. The van der Waals surface area contributed by atoms with Crippen molar-refractivity contribution in [2.75, 3.05) is 18.1 Å². The highest BCUT2D eigenvalue weighted by atomic mass is 16.3. The molecule has 0 saturated carbocycles. The van der Waals surface area contributed by atoms with Gasteiger partial charge in [0, 0.05) is 19.5 Å².